The first-order chi connectivity index (χ1) is 16.6. The number of rotatable bonds is 8. The second kappa shape index (κ2) is 8.63. The Morgan fingerprint density at radius 2 is 1.14 bits per heavy atom. The van der Waals surface area contributed by atoms with Crippen LogP contribution in [0, 0.1) is 46.3 Å². The number of hydrogen-bond acceptors (Lipinski definition) is 5. The van der Waals surface area contributed by atoms with Gasteiger partial charge in [-0.15, -0.1) is 0 Å². The molecule has 8 fully saturated rings. The Bertz CT molecular complexity index is 785. The maximum absolute atomic E-state index is 13.4. The third-order valence-electron chi connectivity index (χ3n) is 10.3. The van der Waals surface area contributed by atoms with Gasteiger partial charge in [-0.05, 0) is 113 Å². The number of alkyl halides is 3. The molecule has 5 nitrogen and oxygen atoms in total. The molecule has 35 heavy (non-hydrogen) atoms. The van der Waals surface area contributed by atoms with Gasteiger partial charge in [0.25, 0.3) is 0 Å². The van der Waals surface area contributed by atoms with Crippen molar-refractivity contribution in [1.29, 1.82) is 0 Å². The van der Waals surface area contributed by atoms with E-state index in [1.54, 1.807) is 0 Å². The van der Waals surface area contributed by atoms with Crippen molar-refractivity contribution in [2.75, 3.05) is 19.7 Å². The summed E-state index contributed by atoms with van der Waals surface area (Å²) in [6, 6.07) is 0. The Morgan fingerprint density at radius 3 is 1.54 bits per heavy atom. The Labute approximate surface area is 205 Å². The number of carbonyl (C=O) groups excluding carboxylic acids is 2. The highest BCUT2D eigenvalue weighted by molar-refractivity contribution is 5.78. The fourth-order valence-electron chi connectivity index (χ4n) is 9.83. The lowest BCUT2D eigenvalue weighted by Gasteiger charge is -2.55. The molecule has 0 aromatic heterocycles. The molecule has 8 aliphatic rings. The lowest BCUT2D eigenvalue weighted by atomic mass is 9.49. The molecule has 0 heterocycles. The summed E-state index contributed by atoms with van der Waals surface area (Å²) < 4.78 is 49.9. The number of esters is 2. The predicted octanol–water partition coefficient (Wildman–Crippen LogP) is 5.03. The molecule has 8 heteroatoms. The lowest BCUT2D eigenvalue weighted by molar-refractivity contribution is -0.187. The molecule has 0 radical (unpaired) electrons. The molecule has 0 aromatic rings. The maximum atomic E-state index is 13.4. The van der Waals surface area contributed by atoms with E-state index >= 15 is 0 Å². The van der Waals surface area contributed by atoms with Gasteiger partial charge < -0.3 is 14.8 Å². The zero-order chi connectivity index (χ0) is 24.4. The van der Waals surface area contributed by atoms with Crippen molar-refractivity contribution in [1.82, 2.24) is 5.32 Å². The Morgan fingerprint density at radius 1 is 0.743 bits per heavy atom. The number of hydrogen-bond donors (Lipinski definition) is 1. The fraction of sp³-hybridized carbons (Fsp3) is 0.926. The van der Waals surface area contributed by atoms with Crippen LogP contribution < -0.4 is 5.32 Å². The van der Waals surface area contributed by atoms with E-state index in [9.17, 15) is 22.8 Å². The first-order valence-electron chi connectivity index (χ1n) is 13.8. The summed E-state index contributed by atoms with van der Waals surface area (Å²) in [6.45, 7) is -1.52. The van der Waals surface area contributed by atoms with E-state index in [4.69, 9.17) is 9.47 Å². The van der Waals surface area contributed by atoms with E-state index in [1.165, 1.54) is 38.5 Å². The highest BCUT2D eigenvalue weighted by Crippen LogP contribution is 2.61. The molecule has 0 aromatic carbocycles. The van der Waals surface area contributed by atoms with Gasteiger partial charge in [0.15, 0.2) is 0 Å². The summed E-state index contributed by atoms with van der Waals surface area (Å²) in [5.41, 5.74) is -0.941. The Hall–Kier alpha value is -1.31. The van der Waals surface area contributed by atoms with Gasteiger partial charge >= 0.3 is 18.1 Å². The molecule has 1 unspecified atom stereocenters. The van der Waals surface area contributed by atoms with Crippen molar-refractivity contribution < 1.29 is 32.2 Å². The van der Waals surface area contributed by atoms with Crippen molar-refractivity contribution in [3.8, 4) is 0 Å². The van der Waals surface area contributed by atoms with E-state index in [0.29, 0.717) is 35.5 Å². The van der Waals surface area contributed by atoms with Gasteiger partial charge in [-0.3, -0.25) is 9.59 Å². The van der Waals surface area contributed by atoms with Crippen LogP contribution in [0.5, 0.6) is 0 Å². The summed E-state index contributed by atoms with van der Waals surface area (Å²) in [7, 11) is 0. The summed E-state index contributed by atoms with van der Waals surface area (Å²) in [5, 5.41) is 2.37. The topological polar surface area (TPSA) is 64.6 Å². The van der Waals surface area contributed by atoms with Crippen LogP contribution in [-0.4, -0.2) is 43.9 Å². The van der Waals surface area contributed by atoms with Crippen LogP contribution in [-0.2, 0) is 19.1 Å². The number of nitrogens with one attached hydrogen (secondary N) is 1. The smallest absolute Gasteiger partial charge is 0.401 e. The van der Waals surface area contributed by atoms with Gasteiger partial charge in [-0.1, -0.05) is 0 Å². The average molecular weight is 498 g/mol. The van der Waals surface area contributed by atoms with E-state index < -0.39 is 29.7 Å². The third-order valence-corrected chi connectivity index (χ3v) is 10.3. The summed E-state index contributed by atoms with van der Waals surface area (Å²) in [4.78, 5) is 26.7. The molecule has 8 aliphatic carbocycles. The molecular formula is C27H38F3NO4. The zero-order valence-electron chi connectivity index (χ0n) is 20.4. The molecular weight excluding hydrogens is 459 g/mol. The second-order valence-corrected chi connectivity index (χ2v) is 13.3. The van der Waals surface area contributed by atoms with Crippen LogP contribution in [0.3, 0.4) is 0 Å². The first-order valence-corrected chi connectivity index (χ1v) is 13.8. The van der Waals surface area contributed by atoms with E-state index in [2.05, 4.69) is 5.32 Å². The van der Waals surface area contributed by atoms with Crippen LogP contribution in [0.4, 0.5) is 13.2 Å². The largest absolute Gasteiger partial charge is 0.461 e. The van der Waals surface area contributed by atoms with Crippen molar-refractivity contribution in [3.63, 3.8) is 0 Å². The van der Waals surface area contributed by atoms with Crippen LogP contribution in [0.2, 0.25) is 0 Å². The van der Waals surface area contributed by atoms with E-state index in [-0.39, 0.29) is 25.1 Å². The van der Waals surface area contributed by atoms with Crippen LogP contribution in [0.15, 0.2) is 0 Å². The van der Waals surface area contributed by atoms with Gasteiger partial charge in [0.1, 0.15) is 12.7 Å². The summed E-state index contributed by atoms with van der Waals surface area (Å²) in [5.74, 6) is 2.92. The highest BCUT2D eigenvalue weighted by atomic mass is 19.4. The van der Waals surface area contributed by atoms with Crippen LogP contribution >= 0.6 is 0 Å². The molecule has 1 atom stereocenters. The van der Waals surface area contributed by atoms with Crippen molar-refractivity contribution in [2.24, 2.45) is 46.3 Å². The van der Waals surface area contributed by atoms with Crippen LogP contribution in [0.25, 0.3) is 0 Å². The highest BCUT2D eigenvalue weighted by Gasteiger charge is 2.57. The number of carbonyl (C=O) groups is 2. The number of ether oxygens (including phenoxy) is 2. The molecule has 8 bridgehead atoms. The quantitative estimate of drug-likeness (QED) is 0.477. The molecule has 0 aliphatic heterocycles. The van der Waals surface area contributed by atoms with Gasteiger partial charge in [-0.2, -0.15) is 13.2 Å². The molecule has 8 rings (SSSR count). The molecule has 0 saturated heterocycles. The molecule has 0 spiro atoms. The monoisotopic (exact) mass is 497 g/mol. The summed E-state index contributed by atoms with van der Waals surface area (Å²) >= 11 is 0. The molecule has 0 amide bonds. The van der Waals surface area contributed by atoms with E-state index in [1.807, 2.05) is 0 Å². The lowest BCUT2D eigenvalue weighted by Crippen LogP contribution is -2.53. The minimum absolute atomic E-state index is 0.175. The first kappa shape index (κ1) is 24.1. The molecule has 8 saturated carbocycles. The van der Waals surface area contributed by atoms with E-state index in [0.717, 1.165) is 38.5 Å². The number of halogens is 3. The van der Waals surface area contributed by atoms with Crippen molar-refractivity contribution >= 4 is 11.9 Å². The van der Waals surface area contributed by atoms with Gasteiger partial charge in [0.2, 0.25) is 0 Å². The van der Waals surface area contributed by atoms with Crippen LogP contribution in [0.1, 0.15) is 77.0 Å². The van der Waals surface area contributed by atoms with Gasteiger partial charge in [0, 0.05) is 6.54 Å². The third kappa shape index (κ3) is 4.73. The van der Waals surface area contributed by atoms with Gasteiger partial charge in [-0.25, -0.2) is 0 Å². The van der Waals surface area contributed by atoms with Crippen molar-refractivity contribution in [3.05, 3.63) is 0 Å². The normalized spacial score (nSPS) is 43.9. The van der Waals surface area contributed by atoms with Gasteiger partial charge in [0.05, 0.1) is 17.4 Å². The molecule has 196 valence electrons. The zero-order valence-corrected chi connectivity index (χ0v) is 20.4. The fourth-order valence-corrected chi connectivity index (χ4v) is 9.83. The maximum Gasteiger partial charge on any atom is 0.401 e. The Kier molecular flexibility index (Phi) is 5.93. The SMILES string of the molecule is O=C(OCC(CNCC(F)(F)F)OC(=O)C12CC3CC(CC(C3)C1)C2)C12CC3CC(CC(C3)C1)C2. The average Bonchev–Trinajstić information content (AvgIpc) is 2.74. The second-order valence-electron chi connectivity index (χ2n) is 13.3. The predicted molar refractivity (Wildman–Crippen MR) is 121 cm³/mol. The molecule has 1 N–H and O–H groups in total. The van der Waals surface area contributed by atoms with Crippen molar-refractivity contribution in [2.45, 2.75) is 89.3 Å². The standard InChI is InChI=1S/C27H38F3NO4/c28-27(29,30)15-31-13-22(35-24(33)26-10-19-4-20(11-26)6-21(5-19)12-26)14-34-23(32)25-7-16-1-17(8-25)3-18(2-16)9-25/h16-22,31H,1-15H2. The minimum Gasteiger partial charge on any atom is -0.461 e. The Balaban J connectivity index is 1.10. The minimum atomic E-state index is -4.36. The summed E-state index contributed by atoms with van der Waals surface area (Å²) in [6.07, 6.45) is 6.99.